The summed E-state index contributed by atoms with van der Waals surface area (Å²) in [6, 6.07) is 15.1. The van der Waals surface area contributed by atoms with Crippen LogP contribution in [0.15, 0.2) is 65.2 Å². The van der Waals surface area contributed by atoms with Gasteiger partial charge in [-0.3, -0.25) is 15.1 Å². The van der Waals surface area contributed by atoms with Crippen LogP contribution in [-0.4, -0.2) is 38.2 Å². The Balaban J connectivity index is 1.74. The second-order valence-corrected chi connectivity index (χ2v) is 7.26. The lowest BCUT2D eigenvalue weighted by molar-refractivity contribution is -0.384. The lowest BCUT2D eigenvalue weighted by atomic mass is 10.0. The third-order valence-corrected chi connectivity index (χ3v) is 5.39. The summed E-state index contributed by atoms with van der Waals surface area (Å²) in [4.78, 5) is 17.4. The molecule has 1 aliphatic rings. The van der Waals surface area contributed by atoms with Crippen molar-refractivity contribution in [2.24, 2.45) is 0 Å². The fraction of sp³-hybridized carbons (Fsp3) is 0.238. The Morgan fingerprint density at radius 2 is 2.00 bits per heavy atom. The molecule has 2 aromatic heterocycles. The monoisotopic (exact) mass is 424 g/mol. The third-order valence-electron chi connectivity index (χ3n) is 5.04. The Labute approximate surface area is 178 Å². The first-order chi connectivity index (χ1) is 14.6. The molecule has 3 aromatic rings. The third kappa shape index (κ3) is 3.77. The normalized spacial score (nSPS) is 18.4. The molecule has 1 aromatic carbocycles. The fourth-order valence-corrected chi connectivity index (χ4v) is 4.03. The average molecular weight is 424 g/mol. The minimum Gasteiger partial charge on any atom is -0.459 e. The first kappa shape index (κ1) is 20.0. The van der Waals surface area contributed by atoms with Crippen LogP contribution in [0.25, 0.3) is 11.3 Å². The number of aliphatic hydroxyl groups is 1. The summed E-state index contributed by atoms with van der Waals surface area (Å²) < 4.78 is 6.12. The molecule has 30 heavy (non-hydrogen) atoms. The number of nitro groups is 1. The molecule has 2 atom stereocenters. The number of aromatic nitrogens is 1. The summed E-state index contributed by atoms with van der Waals surface area (Å²) in [7, 11) is 0. The van der Waals surface area contributed by atoms with Gasteiger partial charge in [0.2, 0.25) is 0 Å². The maximum absolute atomic E-state index is 11.4. The van der Waals surface area contributed by atoms with Gasteiger partial charge in [-0.05, 0) is 49.0 Å². The van der Waals surface area contributed by atoms with Crippen LogP contribution in [0.1, 0.15) is 30.0 Å². The van der Waals surface area contributed by atoms with E-state index in [1.165, 1.54) is 6.07 Å². The second kappa shape index (κ2) is 8.60. The standard InChI is InChI=1S/C21H20N4O4S/c26-13-5-12-24-20(19(23-21(24)30)15-7-3-4-11-22-15)18-10-9-17(29-18)14-6-1-2-8-16(14)25(27)28/h1-4,6-11,19-20,26H,5,12-13H2,(H,23,30)/t19-,20-/m0/s1. The van der Waals surface area contributed by atoms with Gasteiger partial charge in [0.25, 0.3) is 5.69 Å². The van der Waals surface area contributed by atoms with E-state index in [0.717, 1.165) is 5.69 Å². The van der Waals surface area contributed by atoms with Crippen molar-refractivity contribution in [3.8, 4) is 11.3 Å². The van der Waals surface area contributed by atoms with Crippen molar-refractivity contribution in [2.75, 3.05) is 13.2 Å². The van der Waals surface area contributed by atoms with Gasteiger partial charge in [-0.25, -0.2) is 0 Å². The Morgan fingerprint density at radius 3 is 2.73 bits per heavy atom. The highest BCUT2D eigenvalue weighted by molar-refractivity contribution is 7.80. The zero-order valence-electron chi connectivity index (χ0n) is 16.0. The van der Waals surface area contributed by atoms with E-state index in [1.54, 1.807) is 30.5 Å². The van der Waals surface area contributed by atoms with Gasteiger partial charge in [0.1, 0.15) is 17.6 Å². The molecular formula is C21H20N4O4S. The summed E-state index contributed by atoms with van der Waals surface area (Å²) in [5.74, 6) is 1.03. The topological polar surface area (TPSA) is 105 Å². The highest BCUT2D eigenvalue weighted by Gasteiger charge is 2.41. The van der Waals surface area contributed by atoms with Gasteiger partial charge in [0.05, 0.1) is 22.2 Å². The van der Waals surface area contributed by atoms with E-state index in [0.29, 0.717) is 35.2 Å². The maximum atomic E-state index is 11.4. The number of hydrogen-bond donors (Lipinski definition) is 2. The van der Waals surface area contributed by atoms with Crippen LogP contribution in [0, 0.1) is 10.1 Å². The van der Waals surface area contributed by atoms with E-state index in [9.17, 15) is 15.2 Å². The summed E-state index contributed by atoms with van der Waals surface area (Å²) in [6.45, 7) is 0.581. The molecule has 3 heterocycles. The zero-order valence-corrected chi connectivity index (χ0v) is 16.8. The Bertz CT molecular complexity index is 1060. The predicted molar refractivity (Wildman–Crippen MR) is 115 cm³/mol. The fourth-order valence-electron chi connectivity index (χ4n) is 3.69. The van der Waals surface area contributed by atoms with Crippen molar-refractivity contribution in [1.29, 1.82) is 0 Å². The first-order valence-electron chi connectivity index (χ1n) is 9.52. The number of furan rings is 1. The van der Waals surface area contributed by atoms with E-state index < -0.39 is 4.92 Å². The molecule has 9 heteroatoms. The van der Waals surface area contributed by atoms with Crippen molar-refractivity contribution in [3.05, 3.63) is 82.4 Å². The summed E-state index contributed by atoms with van der Waals surface area (Å²) in [5.41, 5.74) is 1.20. The largest absolute Gasteiger partial charge is 0.459 e. The van der Waals surface area contributed by atoms with Crippen molar-refractivity contribution < 1.29 is 14.4 Å². The molecule has 0 radical (unpaired) electrons. The Morgan fingerprint density at radius 1 is 1.20 bits per heavy atom. The first-order valence-corrected chi connectivity index (χ1v) is 9.93. The molecule has 0 saturated carbocycles. The maximum Gasteiger partial charge on any atom is 0.280 e. The quantitative estimate of drug-likeness (QED) is 0.337. The van der Waals surface area contributed by atoms with Gasteiger partial charge in [-0.1, -0.05) is 18.2 Å². The number of aliphatic hydroxyl groups excluding tert-OH is 1. The minimum atomic E-state index is -0.423. The molecule has 1 fully saturated rings. The molecule has 1 saturated heterocycles. The van der Waals surface area contributed by atoms with Crippen LogP contribution < -0.4 is 5.32 Å². The number of nitrogens with one attached hydrogen (secondary N) is 1. The predicted octanol–water partition coefficient (Wildman–Crippen LogP) is 3.60. The lowest BCUT2D eigenvalue weighted by Gasteiger charge is -2.25. The molecule has 0 aliphatic carbocycles. The molecule has 0 amide bonds. The SMILES string of the molecule is O=[N+]([O-])c1ccccc1-c1ccc([C@H]2[C@H](c3ccccn3)NC(=S)N2CCCO)o1. The van der Waals surface area contributed by atoms with E-state index in [4.69, 9.17) is 16.6 Å². The van der Waals surface area contributed by atoms with Crippen LogP contribution in [0.3, 0.4) is 0 Å². The highest BCUT2D eigenvalue weighted by atomic mass is 32.1. The number of nitrogens with zero attached hydrogens (tertiary/aromatic N) is 3. The minimum absolute atomic E-state index is 0.0168. The second-order valence-electron chi connectivity index (χ2n) is 6.87. The number of rotatable bonds is 7. The van der Waals surface area contributed by atoms with Crippen molar-refractivity contribution in [2.45, 2.75) is 18.5 Å². The number of hydrogen-bond acceptors (Lipinski definition) is 6. The van der Waals surface area contributed by atoms with Gasteiger partial charge in [0.15, 0.2) is 5.11 Å². The number of pyridine rings is 1. The van der Waals surface area contributed by atoms with Crippen LogP contribution >= 0.6 is 12.2 Å². The van der Waals surface area contributed by atoms with Crippen LogP contribution in [-0.2, 0) is 0 Å². The van der Waals surface area contributed by atoms with Crippen LogP contribution in [0.5, 0.6) is 0 Å². The molecule has 0 unspecified atom stereocenters. The number of benzene rings is 1. The summed E-state index contributed by atoms with van der Waals surface area (Å²) in [6.07, 6.45) is 2.26. The van der Waals surface area contributed by atoms with Gasteiger partial charge < -0.3 is 19.7 Å². The highest BCUT2D eigenvalue weighted by Crippen LogP contribution is 2.41. The Hall–Kier alpha value is -3.30. The van der Waals surface area contributed by atoms with Crippen molar-refractivity contribution in [3.63, 3.8) is 0 Å². The van der Waals surface area contributed by atoms with Gasteiger partial charge in [-0.2, -0.15) is 0 Å². The van der Waals surface area contributed by atoms with E-state index in [2.05, 4.69) is 10.3 Å². The molecule has 2 N–H and O–H groups in total. The van der Waals surface area contributed by atoms with Gasteiger partial charge in [0, 0.05) is 25.4 Å². The molecule has 4 rings (SSSR count). The van der Waals surface area contributed by atoms with Gasteiger partial charge >= 0.3 is 0 Å². The van der Waals surface area contributed by atoms with Gasteiger partial charge in [-0.15, -0.1) is 0 Å². The molecular weight excluding hydrogens is 404 g/mol. The van der Waals surface area contributed by atoms with E-state index in [-0.39, 0.29) is 24.4 Å². The average Bonchev–Trinajstić information content (AvgIpc) is 3.37. The van der Waals surface area contributed by atoms with Crippen LogP contribution in [0.4, 0.5) is 5.69 Å². The molecule has 154 valence electrons. The van der Waals surface area contributed by atoms with Crippen molar-refractivity contribution >= 4 is 23.0 Å². The van der Waals surface area contributed by atoms with E-state index >= 15 is 0 Å². The zero-order chi connectivity index (χ0) is 21.1. The number of thiocarbonyl (C=S) groups is 1. The molecule has 0 bridgehead atoms. The Kier molecular flexibility index (Phi) is 5.73. The lowest BCUT2D eigenvalue weighted by Crippen LogP contribution is -2.30. The summed E-state index contributed by atoms with van der Waals surface area (Å²) >= 11 is 5.54. The van der Waals surface area contributed by atoms with Crippen molar-refractivity contribution in [1.82, 2.24) is 15.2 Å². The smallest absolute Gasteiger partial charge is 0.280 e. The number of nitro benzene ring substituents is 1. The molecule has 8 nitrogen and oxygen atoms in total. The number of para-hydroxylation sites is 1. The summed E-state index contributed by atoms with van der Waals surface area (Å²) in [5, 5.41) is 24.6. The van der Waals surface area contributed by atoms with E-state index in [1.807, 2.05) is 29.2 Å². The molecule has 0 spiro atoms. The molecule has 1 aliphatic heterocycles. The van der Waals surface area contributed by atoms with Crippen LogP contribution in [0.2, 0.25) is 0 Å².